The molecule has 1 aliphatic rings. The van der Waals surface area contributed by atoms with E-state index in [1.807, 2.05) is 13.8 Å². The van der Waals surface area contributed by atoms with Gasteiger partial charge in [-0.1, -0.05) is 12.2 Å². The third kappa shape index (κ3) is 3.03. The van der Waals surface area contributed by atoms with E-state index in [0.29, 0.717) is 0 Å². The first kappa shape index (κ1) is 14.5. The third-order valence-corrected chi connectivity index (χ3v) is 2.62. The Morgan fingerprint density at radius 1 is 1.28 bits per heavy atom. The highest BCUT2D eigenvalue weighted by atomic mass is 16.6. The zero-order chi connectivity index (χ0) is 14.1. The van der Waals surface area contributed by atoms with Crippen molar-refractivity contribution in [1.82, 2.24) is 4.90 Å². The van der Waals surface area contributed by atoms with Gasteiger partial charge in [-0.2, -0.15) is 0 Å². The summed E-state index contributed by atoms with van der Waals surface area (Å²) < 4.78 is 10.0. The number of rotatable bonds is 1. The summed E-state index contributed by atoms with van der Waals surface area (Å²) in [5.74, 6) is -0.470. The molecule has 0 aliphatic carbocycles. The van der Waals surface area contributed by atoms with Crippen molar-refractivity contribution in [3.8, 4) is 0 Å². The summed E-state index contributed by atoms with van der Waals surface area (Å²) in [4.78, 5) is 25.2. The number of carbonyl (C=O) groups is 2. The Hall–Kier alpha value is -1.52. The number of ether oxygens (including phenoxy) is 2. The fourth-order valence-corrected chi connectivity index (χ4v) is 1.82. The summed E-state index contributed by atoms with van der Waals surface area (Å²) in [6, 6.07) is -0.722. The molecule has 0 N–H and O–H groups in total. The minimum atomic E-state index is -0.722. The van der Waals surface area contributed by atoms with E-state index >= 15 is 0 Å². The topological polar surface area (TPSA) is 55.8 Å². The fraction of sp³-hybridized carbons (Fsp3) is 0.692. The van der Waals surface area contributed by atoms with Crippen LogP contribution in [0.2, 0.25) is 0 Å². The zero-order valence-corrected chi connectivity index (χ0v) is 11.8. The molecule has 1 unspecified atom stereocenters. The molecule has 0 radical (unpaired) electrons. The standard InChI is InChI=1S/C13H21NO4/c1-12(2,3)18-11(16)14-9(10(15)17-6)7-8-13(14,4)5/h7-9H,1-6H3. The van der Waals surface area contributed by atoms with Gasteiger partial charge in [-0.3, -0.25) is 4.90 Å². The number of amides is 1. The van der Waals surface area contributed by atoms with E-state index in [-0.39, 0.29) is 0 Å². The van der Waals surface area contributed by atoms with E-state index in [4.69, 9.17) is 9.47 Å². The summed E-state index contributed by atoms with van der Waals surface area (Å²) >= 11 is 0. The van der Waals surface area contributed by atoms with Gasteiger partial charge in [0.25, 0.3) is 0 Å². The number of esters is 1. The van der Waals surface area contributed by atoms with Gasteiger partial charge < -0.3 is 9.47 Å². The molecule has 0 spiro atoms. The SMILES string of the molecule is COC(=O)C1C=CC(C)(C)N1C(=O)OC(C)(C)C. The van der Waals surface area contributed by atoms with E-state index in [9.17, 15) is 9.59 Å². The molecule has 0 aromatic rings. The zero-order valence-electron chi connectivity index (χ0n) is 11.8. The highest BCUT2D eigenvalue weighted by Gasteiger charge is 2.44. The first-order valence-electron chi connectivity index (χ1n) is 5.88. The molecule has 1 aliphatic heterocycles. The molecule has 102 valence electrons. The van der Waals surface area contributed by atoms with Crippen LogP contribution in [-0.4, -0.2) is 41.3 Å². The molecular formula is C13H21NO4. The molecule has 1 atom stereocenters. The molecule has 5 heteroatoms. The molecule has 0 saturated carbocycles. The molecule has 0 bridgehead atoms. The van der Waals surface area contributed by atoms with Crippen LogP contribution in [-0.2, 0) is 14.3 Å². The molecule has 1 amide bonds. The predicted molar refractivity (Wildman–Crippen MR) is 67.1 cm³/mol. The van der Waals surface area contributed by atoms with Crippen LogP contribution in [0.15, 0.2) is 12.2 Å². The summed E-state index contributed by atoms with van der Waals surface area (Å²) in [5, 5.41) is 0. The van der Waals surface area contributed by atoms with Gasteiger partial charge in [-0.25, -0.2) is 9.59 Å². The highest BCUT2D eigenvalue weighted by Crippen LogP contribution is 2.29. The summed E-state index contributed by atoms with van der Waals surface area (Å²) in [7, 11) is 1.30. The van der Waals surface area contributed by atoms with Crippen molar-refractivity contribution in [3.05, 3.63) is 12.2 Å². The van der Waals surface area contributed by atoms with Crippen LogP contribution in [0.1, 0.15) is 34.6 Å². The maximum Gasteiger partial charge on any atom is 0.411 e. The minimum absolute atomic E-state index is 0.470. The Balaban J connectivity index is 2.95. The quantitative estimate of drug-likeness (QED) is 0.532. The lowest BCUT2D eigenvalue weighted by Gasteiger charge is -2.35. The summed E-state index contributed by atoms with van der Waals surface area (Å²) in [6.45, 7) is 9.05. The van der Waals surface area contributed by atoms with Gasteiger partial charge in [0.1, 0.15) is 5.60 Å². The molecule has 1 heterocycles. The molecule has 18 heavy (non-hydrogen) atoms. The fourth-order valence-electron chi connectivity index (χ4n) is 1.82. The molecule has 1 rings (SSSR count). The summed E-state index contributed by atoms with van der Waals surface area (Å²) in [5.41, 5.74) is -1.17. The monoisotopic (exact) mass is 255 g/mol. The molecular weight excluding hydrogens is 234 g/mol. The average molecular weight is 255 g/mol. The predicted octanol–water partition coefficient (Wildman–Crippen LogP) is 2.11. The molecule has 5 nitrogen and oxygen atoms in total. The second-order valence-electron chi connectivity index (χ2n) is 5.83. The van der Waals surface area contributed by atoms with Gasteiger partial charge in [-0.05, 0) is 34.6 Å². The van der Waals surface area contributed by atoms with Crippen LogP contribution < -0.4 is 0 Å². The lowest BCUT2D eigenvalue weighted by molar-refractivity contribution is -0.145. The van der Waals surface area contributed by atoms with E-state index in [1.165, 1.54) is 12.0 Å². The smallest absolute Gasteiger partial charge is 0.411 e. The number of methoxy groups -OCH3 is 1. The lowest BCUT2D eigenvalue weighted by atomic mass is 10.1. The first-order chi connectivity index (χ1) is 8.08. The Morgan fingerprint density at radius 3 is 2.28 bits per heavy atom. The van der Waals surface area contributed by atoms with Crippen LogP contribution in [0, 0.1) is 0 Å². The van der Waals surface area contributed by atoms with Crippen LogP contribution in [0.25, 0.3) is 0 Å². The average Bonchev–Trinajstić information content (AvgIpc) is 2.50. The van der Waals surface area contributed by atoms with Gasteiger partial charge in [0, 0.05) is 0 Å². The maximum atomic E-state index is 12.2. The van der Waals surface area contributed by atoms with E-state index in [2.05, 4.69) is 0 Å². The molecule has 0 saturated heterocycles. The second-order valence-corrected chi connectivity index (χ2v) is 5.83. The number of nitrogens with zero attached hydrogens (tertiary/aromatic N) is 1. The van der Waals surface area contributed by atoms with Crippen molar-refractivity contribution in [2.75, 3.05) is 7.11 Å². The first-order valence-corrected chi connectivity index (χ1v) is 5.88. The maximum absolute atomic E-state index is 12.2. The normalized spacial score (nSPS) is 21.9. The molecule has 0 fully saturated rings. The van der Waals surface area contributed by atoms with Crippen molar-refractivity contribution in [1.29, 1.82) is 0 Å². The Labute approximate surface area is 108 Å². The number of hydrogen-bond acceptors (Lipinski definition) is 4. The van der Waals surface area contributed by atoms with Crippen molar-refractivity contribution < 1.29 is 19.1 Å². The van der Waals surface area contributed by atoms with Crippen molar-refractivity contribution in [2.24, 2.45) is 0 Å². The van der Waals surface area contributed by atoms with Crippen molar-refractivity contribution >= 4 is 12.1 Å². The Bertz CT molecular complexity index is 379. The van der Waals surface area contributed by atoms with Gasteiger partial charge in [0.2, 0.25) is 0 Å². The van der Waals surface area contributed by atoms with Gasteiger partial charge in [-0.15, -0.1) is 0 Å². The van der Waals surface area contributed by atoms with Crippen LogP contribution in [0.4, 0.5) is 4.79 Å². The van der Waals surface area contributed by atoms with Crippen molar-refractivity contribution in [2.45, 2.75) is 51.8 Å². The lowest BCUT2D eigenvalue weighted by Crippen LogP contribution is -2.52. The van der Waals surface area contributed by atoms with Gasteiger partial charge >= 0.3 is 12.1 Å². The van der Waals surface area contributed by atoms with Crippen molar-refractivity contribution in [3.63, 3.8) is 0 Å². The van der Waals surface area contributed by atoms with E-state index in [0.717, 1.165) is 0 Å². The van der Waals surface area contributed by atoms with Crippen LogP contribution >= 0.6 is 0 Å². The van der Waals surface area contributed by atoms with Gasteiger partial charge in [0.15, 0.2) is 6.04 Å². The second kappa shape index (κ2) is 4.63. The third-order valence-electron chi connectivity index (χ3n) is 2.62. The Kier molecular flexibility index (Phi) is 3.74. The molecule has 0 aromatic heterocycles. The molecule has 0 aromatic carbocycles. The minimum Gasteiger partial charge on any atom is -0.467 e. The highest BCUT2D eigenvalue weighted by molar-refractivity contribution is 5.85. The van der Waals surface area contributed by atoms with Crippen LogP contribution in [0.5, 0.6) is 0 Å². The van der Waals surface area contributed by atoms with E-state index < -0.39 is 29.2 Å². The summed E-state index contributed by atoms with van der Waals surface area (Å²) in [6.07, 6.45) is 2.95. The van der Waals surface area contributed by atoms with E-state index in [1.54, 1.807) is 32.9 Å². The number of carbonyl (C=O) groups excluding carboxylic acids is 2. The van der Waals surface area contributed by atoms with Crippen LogP contribution in [0.3, 0.4) is 0 Å². The number of hydrogen-bond donors (Lipinski definition) is 0. The Morgan fingerprint density at radius 2 is 1.83 bits per heavy atom. The van der Waals surface area contributed by atoms with Gasteiger partial charge in [0.05, 0.1) is 12.6 Å². The largest absolute Gasteiger partial charge is 0.467 e.